The van der Waals surface area contributed by atoms with Gasteiger partial charge >= 0.3 is 0 Å². The SMILES string of the molecule is CN=C(NCc1nc(C(C)C)cs1)NCC(C)c1cccs1. The second-order valence-corrected chi connectivity index (χ2v) is 7.47. The zero-order valence-electron chi connectivity index (χ0n) is 13.6. The lowest BCUT2D eigenvalue weighted by Gasteiger charge is -2.14. The first-order chi connectivity index (χ1) is 10.6. The number of thiophene rings is 1. The first-order valence-corrected chi connectivity index (χ1v) is 9.28. The van der Waals surface area contributed by atoms with E-state index in [1.165, 1.54) is 4.88 Å². The van der Waals surface area contributed by atoms with Gasteiger partial charge < -0.3 is 10.6 Å². The molecule has 2 N–H and O–H groups in total. The molecule has 2 aromatic rings. The summed E-state index contributed by atoms with van der Waals surface area (Å²) in [5.74, 6) is 1.78. The van der Waals surface area contributed by atoms with Crippen LogP contribution in [0.2, 0.25) is 0 Å². The van der Waals surface area contributed by atoms with E-state index in [0.717, 1.165) is 23.2 Å². The van der Waals surface area contributed by atoms with Crippen molar-refractivity contribution >= 4 is 28.6 Å². The van der Waals surface area contributed by atoms with Gasteiger partial charge in [-0.1, -0.05) is 26.8 Å². The number of nitrogens with one attached hydrogen (secondary N) is 2. The zero-order valence-corrected chi connectivity index (χ0v) is 15.2. The quantitative estimate of drug-likeness (QED) is 0.623. The van der Waals surface area contributed by atoms with Crippen LogP contribution in [0.15, 0.2) is 27.9 Å². The molecule has 6 heteroatoms. The van der Waals surface area contributed by atoms with E-state index in [1.54, 1.807) is 29.7 Å². The van der Waals surface area contributed by atoms with Gasteiger partial charge in [0.2, 0.25) is 0 Å². The minimum Gasteiger partial charge on any atom is -0.356 e. The topological polar surface area (TPSA) is 49.3 Å². The Hall–Kier alpha value is -1.40. The van der Waals surface area contributed by atoms with Crippen molar-refractivity contribution in [3.63, 3.8) is 0 Å². The summed E-state index contributed by atoms with van der Waals surface area (Å²) in [4.78, 5) is 10.3. The molecule has 0 saturated heterocycles. The Morgan fingerprint density at radius 2 is 2.09 bits per heavy atom. The van der Waals surface area contributed by atoms with Crippen LogP contribution in [-0.4, -0.2) is 24.5 Å². The summed E-state index contributed by atoms with van der Waals surface area (Å²) >= 11 is 3.50. The van der Waals surface area contributed by atoms with Crippen molar-refractivity contribution in [3.8, 4) is 0 Å². The molecule has 2 aromatic heterocycles. The molecule has 22 heavy (non-hydrogen) atoms. The molecular formula is C16H24N4S2. The van der Waals surface area contributed by atoms with Crippen LogP contribution in [0.4, 0.5) is 0 Å². The van der Waals surface area contributed by atoms with Gasteiger partial charge in [-0.25, -0.2) is 4.98 Å². The maximum absolute atomic E-state index is 4.63. The van der Waals surface area contributed by atoms with Crippen LogP contribution in [-0.2, 0) is 6.54 Å². The van der Waals surface area contributed by atoms with E-state index < -0.39 is 0 Å². The van der Waals surface area contributed by atoms with Gasteiger partial charge in [0.15, 0.2) is 5.96 Å². The molecule has 1 atom stereocenters. The molecule has 0 aliphatic carbocycles. The first-order valence-electron chi connectivity index (χ1n) is 7.52. The molecule has 0 saturated carbocycles. The summed E-state index contributed by atoms with van der Waals surface area (Å²) in [6.45, 7) is 8.14. The molecule has 2 rings (SSSR count). The third-order valence-electron chi connectivity index (χ3n) is 3.40. The lowest BCUT2D eigenvalue weighted by Crippen LogP contribution is -2.38. The van der Waals surface area contributed by atoms with Crippen molar-refractivity contribution in [2.24, 2.45) is 4.99 Å². The summed E-state index contributed by atoms with van der Waals surface area (Å²) in [5, 5.41) is 12.1. The van der Waals surface area contributed by atoms with Gasteiger partial charge in [-0.3, -0.25) is 4.99 Å². The number of rotatable bonds is 6. The molecule has 120 valence electrons. The van der Waals surface area contributed by atoms with E-state index in [0.29, 0.717) is 18.4 Å². The molecule has 0 aliphatic rings. The Labute approximate surface area is 140 Å². The van der Waals surface area contributed by atoms with Gasteiger partial charge in [0.05, 0.1) is 12.2 Å². The minimum absolute atomic E-state index is 0.478. The standard InChI is InChI=1S/C16H24N4S2/c1-11(2)13-10-22-15(20-13)9-19-16(17-4)18-8-12(3)14-6-5-7-21-14/h5-7,10-12H,8-9H2,1-4H3,(H2,17,18,19). The predicted molar refractivity (Wildman–Crippen MR) is 97.1 cm³/mol. The van der Waals surface area contributed by atoms with E-state index >= 15 is 0 Å². The molecule has 0 amide bonds. The van der Waals surface area contributed by atoms with Crippen LogP contribution >= 0.6 is 22.7 Å². The van der Waals surface area contributed by atoms with Crippen molar-refractivity contribution in [1.29, 1.82) is 0 Å². The van der Waals surface area contributed by atoms with Gasteiger partial charge in [-0.05, 0) is 17.4 Å². The summed E-state index contributed by atoms with van der Waals surface area (Å²) in [6.07, 6.45) is 0. The Balaban J connectivity index is 1.79. The predicted octanol–water partition coefficient (Wildman–Crippen LogP) is 3.80. The average Bonchev–Trinajstić information content (AvgIpc) is 3.18. The Bertz CT molecular complexity index is 587. The van der Waals surface area contributed by atoms with Crippen molar-refractivity contribution in [1.82, 2.24) is 15.6 Å². The molecule has 0 radical (unpaired) electrons. The highest BCUT2D eigenvalue weighted by molar-refractivity contribution is 7.10. The van der Waals surface area contributed by atoms with Gasteiger partial charge in [-0.15, -0.1) is 22.7 Å². The molecule has 0 bridgehead atoms. The van der Waals surface area contributed by atoms with Crippen LogP contribution < -0.4 is 10.6 Å². The highest BCUT2D eigenvalue weighted by Gasteiger charge is 2.09. The molecular weight excluding hydrogens is 312 g/mol. The van der Waals surface area contributed by atoms with Gasteiger partial charge in [0, 0.05) is 29.8 Å². The van der Waals surface area contributed by atoms with Gasteiger partial charge in [-0.2, -0.15) is 0 Å². The average molecular weight is 337 g/mol. The molecule has 0 aromatic carbocycles. The maximum Gasteiger partial charge on any atom is 0.191 e. The monoisotopic (exact) mass is 336 g/mol. The number of aromatic nitrogens is 1. The minimum atomic E-state index is 0.478. The molecule has 4 nitrogen and oxygen atoms in total. The third kappa shape index (κ3) is 4.81. The van der Waals surface area contributed by atoms with E-state index in [1.807, 2.05) is 0 Å². The fraction of sp³-hybridized carbons (Fsp3) is 0.500. The van der Waals surface area contributed by atoms with Crippen molar-refractivity contribution in [2.75, 3.05) is 13.6 Å². The number of aliphatic imine (C=N–C) groups is 1. The number of guanidine groups is 1. The fourth-order valence-electron chi connectivity index (χ4n) is 1.97. The van der Waals surface area contributed by atoms with Gasteiger partial charge in [0.25, 0.3) is 0 Å². The fourth-order valence-corrected chi connectivity index (χ4v) is 3.66. The lowest BCUT2D eigenvalue weighted by atomic mass is 10.1. The van der Waals surface area contributed by atoms with E-state index in [-0.39, 0.29) is 0 Å². The third-order valence-corrected chi connectivity index (χ3v) is 5.37. The van der Waals surface area contributed by atoms with Crippen LogP contribution in [0.5, 0.6) is 0 Å². The number of hydrogen-bond acceptors (Lipinski definition) is 4. The molecule has 1 unspecified atom stereocenters. The second kappa shape index (κ2) is 8.29. The van der Waals surface area contributed by atoms with Crippen molar-refractivity contribution < 1.29 is 0 Å². The summed E-state index contributed by atoms with van der Waals surface area (Å²) in [6, 6.07) is 4.27. The van der Waals surface area contributed by atoms with Gasteiger partial charge in [0.1, 0.15) is 5.01 Å². The highest BCUT2D eigenvalue weighted by Crippen LogP contribution is 2.19. The zero-order chi connectivity index (χ0) is 15.9. The Kier molecular flexibility index (Phi) is 6.39. The van der Waals surface area contributed by atoms with E-state index in [9.17, 15) is 0 Å². The van der Waals surface area contributed by atoms with Crippen LogP contribution in [0.1, 0.15) is 48.2 Å². The summed E-state index contributed by atoms with van der Waals surface area (Å²) < 4.78 is 0. The number of nitrogens with zero attached hydrogens (tertiary/aromatic N) is 2. The number of thiazole rings is 1. The Morgan fingerprint density at radius 1 is 1.27 bits per heavy atom. The number of hydrogen-bond donors (Lipinski definition) is 2. The first kappa shape index (κ1) is 17.0. The van der Waals surface area contributed by atoms with Crippen molar-refractivity contribution in [2.45, 2.75) is 39.2 Å². The largest absolute Gasteiger partial charge is 0.356 e. The smallest absolute Gasteiger partial charge is 0.191 e. The normalized spacial score (nSPS) is 13.4. The summed E-state index contributed by atoms with van der Waals surface area (Å²) in [7, 11) is 1.80. The molecule has 0 aliphatic heterocycles. The second-order valence-electron chi connectivity index (χ2n) is 5.54. The van der Waals surface area contributed by atoms with Crippen molar-refractivity contribution in [3.05, 3.63) is 38.5 Å². The van der Waals surface area contributed by atoms with E-state index in [4.69, 9.17) is 0 Å². The summed E-state index contributed by atoms with van der Waals surface area (Å²) in [5.41, 5.74) is 1.16. The van der Waals surface area contributed by atoms with E-state index in [2.05, 4.69) is 64.3 Å². The maximum atomic E-state index is 4.63. The van der Waals surface area contributed by atoms with Crippen LogP contribution in [0, 0.1) is 0 Å². The van der Waals surface area contributed by atoms with Crippen LogP contribution in [0.25, 0.3) is 0 Å². The Morgan fingerprint density at radius 3 is 2.68 bits per heavy atom. The lowest BCUT2D eigenvalue weighted by molar-refractivity contribution is 0.706. The highest BCUT2D eigenvalue weighted by atomic mass is 32.1. The molecule has 0 spiro atoms. The van der Waals surface area contributed by atoms with Crippen LogP contribution in [0.3, 0.4) is 0 Å². The molecule has 0 fully saturated rings. The molecule has 2 heterocycles.